The Morgan fingerprint density at radius 1 is 1.35 bits per heavy atom. The van der Waals surface area contributed by atoms with Gasteiger partial charge in [-0.3, -0.25) is 4.79 Å². The van der Waals surface area contributed by atoms with Crippen LogP contribution in [-0.2, 0) is 4.79 Å². The van der Waals surface area contributed by atoms with Crippen molar-refractivity contribution in [3.8, 4) is 0 Å². The lowest BCUT2D eigenvalue weighted by atomic mass is 10.1. The summed E-state index contributed by atoms with van der Waals surface area (Å²) < 4.78 is 0. The third-order valence-corrected chi connectivity index (χ3v) is 3.54. The van der Waals surface area contributed by atoms with Gasteiger partial charge in [0.1, 0.15) is 0 Å². The molecule has 1 aliphatic rings. The van der Waals surface area contributed by atoms with Crippen molar-refractivity contribution >= 4 is 23.1 Å². The van der Waals surface area contributed by atoms with Crippen LogP contribution in [0.5, 0.6) is 0 Å². The zero-order valence-corrected chi connectivity index (χ0v) is 11.6. The predicted octanol–water partition coefficient (Wildman–Crippen LogP) is 0.899. The van der Waals surface area contributed by atoms with Crippen LogP contribution in [0.15, 0.2) is 0 Å². The highest BCUT2D eigenvalue weighted by Gasteiger charge is 2.19. The van der Waals surface area contributed by atoms with Crippen LogP contribution in [0, 0.1) is 5.92 Å². The highest BCUT2D eigenvalue weighted by molar-refractivity contribution is 7.80. The Morgan fingerprint density at radius 3 is 2.47 bits per heavy atom. The number of rotatable bonds is 5. The molecule has 3 N–H and O–H groups in total. The Labute approximate surface area is 109 Å². The normalized spacial score (nSPS) is 20.6. The molecule has 0 aromatic heterocycles. The highest BCUT2D eigenvalue weighted by Crippen LogP contribution is 2.09. The summed E-state index contributed by atoms with van der Waals surface area (Å²) >= 11 is 4.82. The Morgan fingerprint density at radius 2 is 1.94 bits per heavy atom. The molecule has 17 heavy (non-hydrogen) atoms. The molecule has 0 radical (unpaired) electrons. The second kappa shape index (κ2) is 6.91. The molecule has 1 rings (SSSR count). The van der Waals surface area contributed by atoms with Gasteiger partial charge in [0.15, 0.2) is 0 Å². The van der Waals surface area contributed by atoms with Crippen LogP contribution in [-0.4, -0.2) is 41.5 Å². The number of nitrogens with one attached hydrogen (secondary N) is 1. The van der Waals surface area contributed by atoms with Crippen LogP contribution >= 0.6 is 12.2 Å². The number of nitrogens with two attached hydrogens (primary N) is 1. The summed E-state index contributed by atoms with van der Waals surface area (Å²) in [6.45, 7) is 6.97. The molecule has 0 spiro atoms. The molecule has 2 unspecified atom stereocenters. The van der Waals surface area contributed by atoms with Gasteiger partial charge in [0, 0.05) is 12.6 Å². The van der Waals surface area contributed by atoms with Crippen LogP contribution in [0.1, 0.15) is 33.1 Å². The lowest BCUT2D eigenvalue weighted by Crippen LogP contribution is -2.46. The van der Waals surface area contributed by atoms with E-state index >= 15 is 0 Å². The van der Waals surface area contributed by atoms with E-state index in [0.29, 0.717) is 0 Å². The van der Waals surface area contributed by atoms with Crippen LogP contribution in [0.25, 0.3) is 0 Å². The van der Waals surface area contributed by atoms with Gasteiger partial charge in [0.25, 0.3) is 0 Å². The van der Waals surface area contributed by atoms with Gasteiger partial charge in [-0.1, -0.05) is 18.6 Å². The smallest absolute Gasteiger partial charge is 0.229 e. The molecular weight excluding hydrogens is 234 g/mol. The summed E-state index contributed by atoms with van der Waals surface area (Å²) in [7, 11) is 0. The first-order valence-corrected chi connectivity index (χ1v) is 6.73. The lowest BCUT2D eigenvalue weighted by molar-refractivity contribution is -0.123. The van der Waals surface area contributed by atoms with Crippen molar-refractivity contribution in [1.82, 2.24) is 10.2 Å². The van der Waals surface area contributed by atoms with E-state index in [4.69, 9.17) is 18.0 Å². The Hall–Kier alpha value is -0.680. The molecule has 5 heteroatoms. The second-order valence-corrected chi connectivity index (χ2v) is 5.37. The number of carbonyl (C=O) groups is 1. The minimum atomic E-state index is -0.381. The van der Waals surface area contributed by atoms with Gasteiger partial charge in [-0.25, -0.2) is 0 Å². The summed E-state index contributed by atoms with van der Waals surface area (Å²) in [6.07, 6.45) is 3.86. The first kappa shape index (κ1) is 14.4. The number of hydrogen-bond donors (Lipinski definition) is 2. The van der Waals surface area contributed by atoms with Crippen LogP contribution < -0.4 is 11.1 Å². The van der Waals surface area contributed by atoms with E-state index in [1.54, 1.807) is 6.92 Å². The average molecular weight is 257 g/mol. The zero-order valence-electron chi connectivity index (χ0n) is 10.7. The van der Waals surface area contributed by atoms with Gasteiger partial charge >= 0.3 is 0 Å². The Bertz CT molecular complexity index is 277. The number of hydrogen-bond acceptors (Lipinski definition) is 3. The molecule has 98 valence electrons. The first-order chi connectivity index (χ1) is 8.00. The second-order valence-electron chi connectivity index (χ2n) is 4.89. The van der Waals surface area contributed by atoms with Gasteiger partial charge in [-0.2, -0.15) is 0 Å². The number of likely N-dealkylation sites (tertiary alicyclic amines) is 1. The van der Waals surface area contributed by atoms with Crippen molar-refractivity contribution in [2.45, 2.75) is 39.2 Å². The van der Waals surface area contributed by atoms with Gasteiger partial charge in [0.2, 0.25) is 5.91 Å². The minimum Gasteiger partial charge on any atom is -0.393 e. The van der Waals surface area contributed by atoms with Crippen molar-refractivity contribution in [2.75, 3.05) is 19.6 Å². The van der Waals surface area contributed by atoms with Crippen LogP contribution in [0.4, 0.5) is 0 Å². The number of nitrogens with zero attached hydrogens (tertiary/aromatic N) is 1. The van der Waals surface area contributed by atoms with Crippen molar-refractivity contribution in [1.29, 1.82) is 0 Å². The lowest BCUT2D eigenvalue weighted by Gasteiger charge is -2.29. The maximum atomic E-state index is 11.7. The molecule has 1 saturated heterocycles. The summed E-state index contributed by atoms with van der Waals surface area (Å²) in [5.41, 5.74) is 5.46. The fourth-order valence-electron chi connectivity index (χ4n) is 2.07. The molecule has 0 saturated carbocycles. The fourth-order valence-corrected chi connectivity index (χ4v) is 2.18. The van der Waals surface area contributed by atoms with Crippen molar-refractivity contribution in [3.05, 3.63) is 0 Å². The van der Waals surface area contributed by atoms with Crippen LogP contribution in [0.3, 0.4) is 0 Å². The van der Waals surface area contributed by atoms with E-state index in [1.165, 1.54) is 19.3 Å². The molecule has 1 aliphatic heterocycles. The predicted molar refractivity (Wildman–Crippen MR) is 73.8 cm³/mol. The molecule has 1 amide bonds. The van der Waals surface area contributed by atoms with Gasteiger partial charge in [-0.15, -0.1) is 0 Å². The molecule has 1 heterocycles. The number of thiocarbonyl (C=S) groups is 1. The van der Waals surface area contributed by atoms with E-state index in [1.807, 2.05) is 6.92 Å². The third kappa shape index (κ3) is 5.00. The van der Waals surface area contributed by atoms with E-state index < -0.39 is 0 Å². The molecular formula is C12H23N3OS. The maximum absolute atomic E-state index is 11.7. The van der Waals surface area contributed by atoms with Crippen molar-refractivity contribution < 1.29 is 4.79 Å². The van der Waals surface area contributed by atoms with E-state index in [-0.39, 0.29) is 22.9 Å². The van der Waals surface area contributed by atoms with E-state index in [2.05, 4.69) is 10.2 Å². The van der Waals surface area contributed by atoms with Gasteiger partial charge < -0.3 is 16.0 Å². The first-order valence-electron chi connectivity index (χ1n) is 6.32. The van der Waals surface area contributed by atoms with Gasteiger partial charge in [0.05, 0.1) is 10.9 Å². The molecule has 0 aromatic carbocycles. The minimum absolute atomic E-state index is 0.0676. The molecule has 0 bridgehead atoms. The monoisotopic (exact) mass is 257 g/mol. The summed E-state index contributed by atoms with van der Waals surface area (Å²) in [5, 5.41) is 2.96. The summed E-state index contributed by atoms with van der Waals surface area (Å²) in [5.74, 6) is -0.448. The Balaban J connectivity index is 2.30. The zero-order chi connectivity index (χ0) is 12.8. The molecule has 4 nitrogen and oxygen atoms in total. The highest BCUT2D eigenvalue weighted by atomic mass is 32.1. The number of amides is 1. The fraction of sp³-hybridized carbons (Fsp3) is 0.833. The maximum Gasteiger partial charge on any atom is 0.229 e. The van der Waals surface area contributed by atoms with Crippen LogP contribution in [0.2, 0.25) is 0 Å². The summed E-state index contributed by atoms with van der Waals surface area (Å²) in [6, 6.07) is 0.150. The van der Waals surface area contributed by atoms with Crippen molar-refractivity contribution in [2.24, 2.45) is 11.7 Å². The third-order valence-electron chi connectivity index (χ3n) is 3.19. The topological polar surface area (TPSA) is 58.4 Å². The largest absolute Gasteiger partial charge is 0.393 e. The Kier molecular flexibility index (Phi) is 5.85. The van der Waals surface area contributed by atoms with Gasteiger partial charge in [-0.05, 0) is 39.8 Å². The number of piperidine rings is 1. The van der Waals surface area contributed by atoms with E-state index in [0.717, 1.165) is 19.6 Å². The number of carbonyl (C=O) groups excluding carboxylic acids is 1. The molecule has 0 aromatic rings. The van der Waals surface area contributed by atoms with E-state index in [9.17, 15) is 4.79 Å². The quantitative estimate of drug-likeness (QED) is 0.719. The van der Waals surface area contributed by atoms with Crippen molar-refractivity contribution in [3.63, 3.8) is 0 Å². The molecule has 2 atom stereocenters. The molecule has 1 fully saturated rings. The summed E-state index contributed by atoms with van der Waals surface area (Å²) in [4.78, 5) is 14.4. The average Bonchev–Trinajstić information content (AvgIpc) is 2.28. The SMILES string of the molecule is CC(CN1CCCCC1)NC(=O)C(C)C(N)=S. The molecule has 0 aliphatic carbocycles. The standard InChI is InChI=1S/C12H23N3OS/c1-9(8-15-6-4-3-5-7-15)14-12(16)10(2)11(13)17/h9-10H,3-8H2,1-2H3,(H2,13,17)(H,14,16).